The first-order valence-electron chi connectivity index (χ1n) is 11.5. The van der Waals surface area contributed by atoms with Gasteiger partial charge in [0, 0.05) is 34.7 Å². The summed E-state index contributed by atoms with van der Waals surface area (Å²) in [5.74, 6) is -0.807. The Hall–Kier alpha value is -3.98. The maximum atomic E-state index is 13.1. The van der Waals surface area contributed by atoms with Crippen LogP contribution in [0.15, 0.2) is 65.6 Å². The summed E-state index contributed by atoms with van der Waals surface area (Å²) in [6.07, 6.45) is 0.120. The van der Waals surface area contributed by atoms with Crippen molar-refractivity contribution in [3.8, 4) is 0 Å². The first-order chi connectivity index (χ1) is 17.1. The largest absolute Gasteiger partial charge is 0.457 e. The van der Waals surface area contributed by atoms with E-state index in [1.54, 1.807) is 42.5 Å². The van der Waals surface area contributed by atoms with Crippen molar-refractivity contribution in [1.29, 1.82) is 0 Å². The van der Waals surface area contributed by atoms with Crippen LogP contribution in [0.2, 0.25) is 0 Å². The van der Waals surface area contributed by atoms with Crippen LogP contribution in [0.25, 0.3) is 0 Å². The van der Waals surface area contributed by atoms with Crippen molar-refractivity contribution >= 4 is 38.9 Å². The lowest BCUT2D eigenvalue weighted by atomic mass is 9.90. The highest BCUT2D eigenvalue weighted by atomic mass is 32.2. The second-order valence-electron chi connectivity index (χ2n) is 9.19. The van der Waals surface area contributed by atoms with Crippen molar-refractivity contribution in [2.45, 2.75) is 37.8 Å². The first-order valence-corrected chi connectivity index (χ1v) is 13.0. The average Bonchev–Trinajstić information content (AvgIpc) is 3.25. The Bertz CT molecular complexity index is 1530. The summed E-state index contributed by atoms with van der Waals surface area (Å²) in [7, 11) is -4.03. The fourth-order valence-corrected chi connectivity index (χ4v) is 5.59. The zero-order valence-corrected chi connectivity index (χ0v) is 20.5. The van der Waals surface area contributed by atoms with E-state index in [4.69, 9.17) is 4.74 Å². The summed E-state index contributed by atoms with van der Waals surface area (Å²) in [5.41, 5.74) is 3.27. The molecule has 8 nitrogen and oxygen atoms in total. The number of carbonyl (C=O) groups excluding carboxylic acids is 3. The number of esters is 1. The highest BCUT2D eigenvalue weighted by Crippen LogP contribution is 2.35. The molecular weight excluding hydrogens is 480 g/mol. The third-order valence-corrected chi connectivity index (χ3v) is 7.77. The van der Waals surface area contributed by atoms with E-state index in [-0.39, 0.29) is 52.7 Å². The smallest absolute Gasteiger partial charge is 0.338 e. The van der Waals surface area contributed by atoms with Crippen molar-refractivity contribution in [3.63, 3.8) is 0 Å². The SMILES string of the molecule is CC(C)C(=O)c1cccc(C2CC(=O)c3cc(S(=O)(=O)Nc4cccc5c4COC5=O)ccc3N2)c1. The molecule has 0 saturated carbocycles. The van der Waals surface area contributed by atoms with Crippen LogP contribution in [-0.4, -0.2) is 26.0 Å². The molecule has 5 rings (SSSR count). The molecule has 0 bridgehead atoms. The van der Waals surface area contributed by atoms with Gasteiger partial charge in [-0.3, -0.25) is 14.3 Å². The van der Waals surface area contributed by atoms with Crippen LogP contribution in [0.4, 0.5) is 11.4 Å². The fourth-order valence-electron chi connectivity index (χ4n) is 4.47. The second kappa shape index (κ2) is 8.91. The standard InChI is InChI=1S/C27H24N2O6S/c1-15(2)26(31)17-6-3-5-16(11-17)24-13-25(30)20-12-18(9-10-22(20)28-24)36(33,34)29-23-8-4-7-19-21(23)14-35-27(19)32/h3-12,15,24,28-29H,13-14H2,1-2H3. The number of hydrogen-bond donors (Lipinski definition) is 2. The minimum absolute atomic E-state index is 0.00912. The third-order valence-electron chi connectivity index (χ3n) is 6.41. The molecule has 1 atom stereocenters. The van der Waals surface area contributed by atoms with Crippen LogP contribution in [0.3, 0.4) is 0 Å². The van der Waals surface area contributed by atoms with E-state index < -0.39 is 16.0 Å². The molecule has 0 spiro atoms. The predicted octanol–water partition coefficient (Wildman–Crippen LogP) is 4.74. The highest BCUT2D eigenvalue weighted by Gasteiger charge is 2.29. The number of Topliss-reactive ketones (excluding diaryl/α,β-unsaturated/α-hetero) is 2. The van der Waals surface area contributed by atoms with Gasteiger partial charge < -0.3 is 10.1 Å². The van der Waals surface area contributed by atoms with E-state index in [0.29, 0.717) is 22.4 Å². The van der Waals surface area contributed by atoms with Crippen molar-refractivity contribution < 1.29 is 27.5 Å². The van der Waals surface area contributed by atoms with Crippen LogP contribution in [0.5, 0.6) is 0 Å². The molecule has 0 aliphatic carbocycles. The second-order valence-corrected chi connectivity index (χ2v) is 10.9. The maximum Gasteiger partial charge on any atom is 0.338 e. The number of ketones is 2. The third kappa shape index (κ3) is 4.26. The molecular formula is C27H24N2O6S. The number of rotatable bonds is 6. The summed E-state index contributed by atoms with van der Waals surface area (Å²) in [5, 5.41) is 3.30. The molecule has 2 aliphatic rings. The van der Waals surface area contributed by atoms with Gasteiger partial charge in [-0.2, -0.15) is 0 Å². The Kier molecular flexibility index (Phi) is 5.88. The summed E-state index contributed by atoms with van der Waals surface area (Å²) in [4.78, 5) is 37.2. The predicted molar refractivity (Wildman–Crippen MR) is 134 cm³/mol. The number of nitrogens with one attached hydrogen (secondary N) is 2. The van der Waals surface area contributed by atoms with Gasteiger partial charge in [0.1, 0.15) is 6.61 Å². The maximum absolute atomic E-state index is 13.1. The molecule has 2 heterocycles. The van der Waals surface area contributed by atoms with Gasteiger partial charge in [-0.15, -0.1) is 0 Å². The van der Waals surface area contributed by atoms with Crippen molar-refractivity contribution in [2.75, 3.05) is 10.0 Å². The highest BCUT2D eigenvalue weighted by molar-refractivity contribution is 7.92. The average molecular weight is 505 g/mol. The minimum atomic E-state index is -4.03. The Morgan fingerprint density at radius 1 is 1.03 bits per heavy atom. The molecule has 2 N–H and O–H groups in total. The van der Waals surface area contributed by atoms with Crippen molar-refractivity contribution in [3.05, 3.63) is 88.5 Å². The minimum Gasteiger partial charge on any atom is -0.457 e. The van der Waals surface area contributed by atoms with Crippen LogP contribution in [0, 0.1) is 5.92 Å². The van der Waals surface area contributed by atoms with E-state index in [9.17, 15) is 22.8 Å². The Morgan fingerprint density at radius 2 is 1.81 bits per heavy atom. The normalized spacial score (nSPS) is 16.7. The van der Waals surface area contributed by atoms with Gasteiger partial charge in [-0.25, -0.2) is 13.2 Å². The van der Waals surface area contributed by atoms with Crippen LogP contribution in [0.1, 0.15) is 68.5 Å². The van der Waals surface area contributed by atoms with Gasteiger partial charge in [0.15, 0.2) is 11.6 Å². The number of sulfonamides is 1. The molecule has 3 aromatic carbocycles. The molecule has 0 saturated heterocycles. The lowest BCUT2D eigenvalue weighted by Crippen LogP contribution is -2.24. The molecule has 1 unspecified atom stereocenters. The van der Waals surface area contributed by atoms with Crippen LogP contribution in [-0.2, 0) is 21.4 Å². The fraction of sp³-hybridized carbons (Fsp3) is 0.222. The Morgan fingerprint density at radius 3 is 2.58 bits per heavy atom. The van der Waals surface area contributed by atoms with E-state index in [1.165, 1.54) is 12.1 Å². The van der Waals surface area contributed by atoms with Gasteiger partial charge in [0.2, 0.25) is 0 Å². The number of cyclic esters (lactones) is 1. The molecule has 0 aromatic heterocycles. The van der Waals surface area contributed by atoms with E-state index >= 15 is 0 Å². The van der Waals surface area contributed by atoms with Gasteiger partial charge in [0.25, 0.3) is 10.0 Å². The Balaban J connectivity index is 1.41. The lowest BCUT2D eigenvalue weighted by Gasteiger charge is -2.27. The number of anilines is 2. The summed E-state index contributed by atoms with van der Waals surface area (Å²) in [6.45, 7) is 3.67. The van der Waals surface area contributed by atoms with Crippen LogP contribution >= 0.6 is 0 Å². The summed E-state index contributed by atoms with van der Waals surface area (Å²) in [6, 6.07) is 16.0. The number of carbonyl (C=O) groups is 3. The van der Waals surface area contributed by atoms with Crippen molar-refractivity contribution in [2.24, 2.45) is 5.92 Å². The quantitative estimate of drug-likeness (QED) is 0.368. The van der Waals surface area contributed by atoms with Gasteiger partial charge in [0.05, 0.1) is 22.2 Å². The lowest BCUT2D eigenvalue weighted by molar-refractivity contribution is 0.0535. The molecule has 3 aromatic rings. The molecule has 184 valence electrons. The number of benzene rings is 3. The number of hydrogen-bond acceptors (Lipinski definition) is 7. The molecule has 9 heteroatoms. The first kappa shape index (κ1) is 23.7. The molecule has 0 amide bonds. The Labute approximate surface area is 208 Å². The van der Waals surface area contributed by atoms with E-state index in [0.717, 1.165) is 5.56 Å². The van der Waals surface area contributed by atoms with Gasteiger partial charge in [-0.05, 0) is 42.0 Å². The molecule has 36 heavy (non-hydrogen) atoms. The number of fused-ring (bicyclic) bond motifs is 2. The van der Waals surface area contributed by atoms with Gasteiger partial charge >= 0.3 is 5.97 Å². The summed E-state index contributed by atoms with van der Waals surface area (Å²) >= 11 is 0. The molecule has 0 fully saturated rings. The zero-order valence-electron chi connectivity index (χ0n) is 19.7. The molecule has 0 radical (unpaired) electrons. The monoisotopic (exact) mass is 504 g/mol. The van der Waals surface area contributed by atoms with Crippen LogP contribution < -0.4 is 10.0 Å². The van der Waals surface area contributed by atoms with E-state index in [2.05, 4.69) is 10.0 Å². The topological polar surface area (TPSA) is 119 Å². The zero-order chi connectivity index (χ0) is 25.6. The van der Waals surface area contributed by atoms with Crippen molar-refractivity contribution in [1.82, 2.24) is 0 Å². The number of ether oxygens (including phenoxy) is 1. The summed E-state index contributed by atoms with van der Waals surface area (Å²) < 4.78 is 33.8. The molecule has 2 aliphatic heterocycles. The van der Waals surface area contributed by atoms with Gasteiger partial charge in [-0.1, -0.05) is 38.1 Å². The van der Waals surface area contributed by atoms with E-state index in [1.807, 2.05) is 19.9 Å².